The standard InChI is InChI=1S/C14H17N3S/c1-10-3-4-11(2)12(7-10)13(15)9-18-14-8-16-5-6-17-14/h3-8,13H,9,15H2,1-2H3. The molecule has 0 spiro atoms. The highest BCUT2D eigenvalue weighted by molar-refractivity contribution is 7.99. The van der Waals surface area contributed by atoms with Gasteiger partial charge in [0, 0.05) is 24.2 Å². The Labute approximate surface area is 112 Å². The van der Waals surface area contributed by atoms with Crippen LogP contribution < -0.4 is 5.73 Å². The molecule has 0 aliphatic rings. The van der Waals surface area contributed by atoms with Gasteiger partial charge in [0.05, 0.1) is 6.20 Å². The third-order valence-electron chi connectivity index (χ3n) is 2.78. The van der Waals surface area contributed by atoms with Crippen LogP contribution in [0.3, 0.4) is 0 Å². The SMILES string of the molecule is Cc1ccc(C)c(C(N)CSc2cnccn2)c1. The lowest BCUT2D eigenvalue weighted by atomic mass is 10.0. The second kappa shape index (κ2) is 5.98. The Morgan fingerprint density at radius 2 is 2.11 bits per heavy atom. The lowest BCUT2D eigenvalue weighted by molar-refractivity contribution is 0.819. The van der Waals surface area contributed by atoms with Gasteiger partial charge in [0.25, 0.3) is 0 Å². The molecule has 2 N–H and O–H groups in total. The zero-order valence-electron chi connectivity index (χ0n) is 10.6. The summed E-state index contributed by atoms with van der Waals surface area (Å²) in [5, 5.41) is 0.915. The van der Waals surface area contributed by atoms with Gasteiger partial charge < -0.3 is 5.73 Å². The molecule has 94 valence electrons. The maximum atomic E-state index is 6.24. The number of nitrogens with zero attached hydrogens (tertiary/aromatic N) is 2. The molecule has 2 aromatic rings. The zero-order valence-corrected chi connectivity index (χ0v) is 11.4. The van der Waals surface area contributed by atoms with E-state index in [1.807, 2.05) is 0 Å². The quantitative estimate of drug-likeness (QED) is 0.858. The second-order valence-corrected chi connectivity index (χ2v) is 5.36. The summed E-state index contributed by atoms with van der Waals surface area (Å²) in [5.41, 5.74) is 9.95. The van der Waals surface area contributed by atoms with Crippen LogP contribution in [0, 0.1) is 13.8 Å². The first-order valence-corrected chi connectivity index (χ1v) is 6.87. The van der Waals surface area contributed by atoms with Crippen molar-refractivity contribution in [2.75, 3.05) is 5.75 Å². The van der Waals surface area contributed by atoms with Crippen LogP contribution in [-0.4, -0.2) is 15.7 Å². The Kier molecular flexibility index (Phi) is 4.33. The fourth-order valence-electron chi connectivity index (χ4n) is 1.78. The molecule has 18 heavy (non-hydrogen) atoms. The summed E-state index contributed by atoms with van der Waals surface area (Å²) in [4.78, 5) is 8.27. The third-order valence-corrected chi connectivity index (χ3v) is 3.82. The van der Waals surface area contributed by atoms with E-state index in [0.29, 0.717) is 0 Å². The Balaban J connectivity index is 2.03. The van der Waals surface area contributed by atoms with Crippen molar-refractivity contribution in [2.24, 2.45) is 5.73 Å². The summed E-state index contributed by atoms with van der Waals surface area (Å²) >= 11 is 1.64. The Hall–Kier alpha value is -1.39. The van der Waals surface area contributed by atoms with Crippen molar-refractivity contribution in [2.45, 2.75) is 24.9 Å². The number of thioether (sulfide) groups is 1. The predicted octanol–water partition coefficient (Wildman–Crippen LogP) is 2.89. The van der Waals surface area contributed by atoms with Gasteiger partial charge in [-0.25, -0.2) is 4.98 Å². The lowest BCUT2D eigenvalue weighted by Gasteiger charge is -2.14. The number of hydrogen-bond acceptors (Lipinski definition) is 4. The molecule has 1 aromatic carbocycles. The van der Waals surface area contributed by atoms with E-state index in [2.05, 4.69) is 42.0 Å². The number of rotatable bonds is 4. The first-order valence-electron chi connectivity index (χ1n) is 5.88. The molecule has 0 aliphatic heterocycles. The van der Waals surface area contributed by atoms with Gasteiger partial charge in [-0.1, -0.05) is 23.8 Å². The van der Waals surface area contributed by atoms with Gasteiger partial charge in [-0.2, -0.15) is 0 Å². The molecule has 1 atom stereocenters. The summed E-state index contributed by atoms with van der Waals surface area (Å²) in [6.07, 6.45) is 5.14. The molecule has 1 aromatic heterocycles. The summed E-state index contributed by atoms with van der Waals surface area (Å²) < 4.78 is 0. The number of aryl methyl sites for hydroxylation is 2. The fraction of sp³-hybridized carbons (Fsp3) is 0.286. The van der Waals surface area contributed by atoms with Crippen LogP contribution in [0.25, 0.3) is 0 Å². The van der Waals surface area contributed by atoms with Crippen LogP contribution in [0.1, 0.15) is 22.7 Å². The molecule has 1 heterocycles. The molecule has 3 nitrogen and oxygen atoms in total. The molecule has 1 unspecified atom stereocenters. The van der Waals surface area contributed by atoms with Crippen molar-refractivity contribution in [3.8, 4) is 0 Å². The largest absolute Gasteiger partial charge is 0.323 e. The first kappa shape index (κ1) is 13.1. The van der Waals surface area contributed by atoms with E-state index in [9.17, 15) is 0 Å². The summed E-state index contributed by atoms with van der Waals surface area (Å²) in [6.45, 7) is 4.19. The van der Waals surface area contributed by atoms with Gasteiger partial charge in [0.1, 0.15) is 5.03 Å². The molecule has 0 saturated carbocycles. The van der Waals surface area contributed by atoms with Crippen molar-refractivity contribution in [1.29, 1.82) is 0 Å². The number of benzene rings is 1. The molecule has 0 amide bonds. The average Bonchev–Trinajstić information content (AvgIpc) is 2.40. The molecule has 2 rings (SSSR count). The molecule has 0 bridgehead atoms. The normalized spacial score (nSPS) is 12.4. The maximum Gasteiger partial charge on any atom is 0.114 e. The van der Waals surface area contributed by atoms with E-state index in [1.54, 1.807) is 30.4 Å². The maximum absolute atomic E-state index is 6.24. The van der Waals surface area contributed by atoms with E-state index in [4.69, 9.17) is 5.73 Å². The van der Waals surface area contributed by atoms with Gasteiger partial charge in [0.2, 0.25) is 0 Å². The summed E-state index contributed by atoms with van der Waals surface area (Å²) in [5.74, 6) is 0.809. The van der Waals surface area contributed by atoms with Gasteiger partial charge in [-0.15, -0.1) is 11.8 Å². The van der Waals surface area contributed by atoms with E-state index in [0.717, 1.165) is 10.8 Å². The third kappa shape index (κ3) is 3.31. The molecular formula is C14H17N3S. The van der Waals surface area contributed by atoms with Crippen LogP contribution in [0.5, 0.6) is 0 Å². The van der Waals surface area contributed by atoms with Crippen LogP contribution in [-0.2, 0) is 0 Å². The van der Waals surface area contributed by atoms with E-state index in [-0.39, 0.29) is 6.04 Å². The van der Waals surface area contributed by atoms with Crippen molar-refractivity contribution >= 4 is 11.8 Å². The van der Waals surface area contributed by atoms with Crippen molar-refractivity contribution in [3.63, 3.8) is 0 Å². The summed E-state index contributed by atoms with van der Waals surface area (Å²) in [7, 11) is 0. The van der Waals surface area contributed by atoms with Gasteiger partial charge in [-0.3, -0.25) is 4.98 Å². The van der Waals surface area contributed by atoms with Crippen LogP contribution in [0.15, 0.2) is 41.8 Å². The minimum absolute atomic E-state index is 0.0249. The highest BCUT2D eigenvalue weighted by Crippen LogP contribution is 2.23. The number of hydrogen-bond donors (Lipinski definition) is 1. The van der Waals surface area contributed by atoms with E-state index >= 15 is 0 Å². The van der Waals surface area contributed by atoms with Crippen molar-refractivity contribution < 1.29 is 0 Å². The van der Waals surface area contributed by atoms with Gasteiger partial charge in [0.15, 0.2) is 0 Å². The first-order chi connectivity index (χ1) is 8.66. The Morgan fingerprint density at radius 3 is 2.83 bits per heavy atom. The molecule has 4 heteroatoms. The van der Waals surface area contributed by atoms with Crippen molar-refractivity contribution in [3.05, 3.63) is 53.5 Å². The van der Waals surface area contributed by atoms with Gasteiger partial charge >= 0.3 is 0 Å². The smallest absolute Gasteiger partial charge is 0.114 e. The van der Waals surface area contributed by atoms with Crippen LogP contribution in [0.2, 0.25) is 0 Å². The Bertz CT molecular complexity index is 514. The second-order valence-electron chi connectivity index (χ2n) is 4.32. The minimum Gasteiger partial charge on any atom is -0.323 e. The minimum atomic E-state index is 0.0249. The van der Waals surface area contributed by atoms with Crippen molar-refractivity contribution in [1.82, 2.24) is 9.97 Å². The van der Waals surface area contributed by atoms with Crippen LogP contribution in [0.4, 0.5) is 0 Å². The highest BCUT2D eigenvalue weighted by Gasteiger charge is 2.10. The predicted molar refractivity (Wildman–Crippen MR) is 75.6 cm³/mol. The fourth-order valence-corrected chi connectivity index (χ4v) is 2.58. The summed E-state index contributed by atoms with van der Waals surface area (Å²) in [6, 6.07) is 6.42. The van der Waals surface area contributed by atoms with E-state index in [1.165, 1.54) is 16.7 Å². The number of aromatic nitrogens is 2. The van der Waals surface area contributed by atoms with Gasteiger partial charge in [-0.05, 0) is 25.0 Å². The molecular weight excluding hydrogens is 242 g/mol. The molecule has 0 fully saturated rings. The topological polar surface area (TPSA) is 51.8 Å². The van der Waals surface area contributed by atoms with E-state index < -0.39 is 0 Å². The Morgan fingerprint density at radius 1 is 1.28 bits per heavy atom. The lowest BCUT2D eigenvalue weighted by Crippen LogP contribution is -2.14. The number of nitrogens with two attached hydrogens (primary N) is 1. The molecule has 0 radical (unpaired) electrons. The average molecular weight is 259 g/mol. The molecule has 0 saturated heterocycles. The molecule has 0 aliphatic carbocycles. The van der Waals surface area contributed by atoms with Crippen LogP contribution >= 0.6 is 11.8 Å². The zero-order chi connectivity index (χ0) is 13.0. The highest BCUT2D eigenvalue weighted by atomic mass is 32.2. The monoisotopic (exact) mass is 259 g/mol.